The molecule has 278 valence electrons. The SMILES string of the molecule is CC1C=CC(c2ccc(N/N=C3\C(=N)C=C(c4cc(-c5ccccc5)cc(-c5ccccc5)c4)C=C3c3cc(-c4ccccc4)cc(-c4ccccc4)c3)cc2)=CC1. The number of hydrazone groups is 1. The van der Waals surface area contributed by atoms with Crippen LogP contribution in [-0.4, -0.2) is 11.4 Å². The van der Waals surface area contributed by atoms with E-state index in [0.717, 1.165) is 78.9 Å². The molecule has 3 nitrogen and oxygen atoms in total. The summed E-state index contributed by atoms with van der Waals surface area (Å²) in [6.07, 6.45) is 12.0. The van der Waals surface area contributed by atoms with Gasteiger partial charge in [-0.3, -0.25) is 10.8 Å². The highest BCUT2D eigenvalue weighted by molar-refractivity contribution is 6.62. The highest BCUT2D eigenvalue weighted by Gasteiger charge is 2.23. The number of nitrogens with zero attached hydrogens (tertiary/aromatic N) is 1. The van der Waals surface area contributed by atoms with Gasteiger partial charge in [0.15, 0.2) is 0 Å². The summed E-state index contributed by atoms with van der Waals surface area (Å²) in [6.45, 7) is 2.24. The van der Waals surface area contributed by atoms with Crippen molar-refractivity contribution in [3.8, 4) is 44.5 Å². The number of hydrogen-bond acceptors (Lipinski definition) is 3. The molecule has 2 N–H and O–H groups in total. The topological polar surface area (TPSA) is 48.2 Å². The number of allylic oxidation sites excluding steroid dienone is 8. The fraction of sp³-hybridized carbons (Fsp3) is 0.0545. The minimum absolute atomic E-state index is 0.334. The minimum Gasteiger partial charge on any atom is -0.299 e. The number of anilines is 1. The van der Waals surface area contributed by atoms with Gasteiger partial charge in [-0.15, -0.1) is 0 Å². The molecule has 0 aromatic heterocycles. The van der Waals surface area contributed by atoms with Gasteiger partial charge in [0.1, 0.15) is 5.71 Å². The van der Waals surface area contributed by atoms with E-state index in [4.69, 9.17) is 5.10 Å². The maximum atomic E-state index is 9.62. The average molecular weight is 746 g/mol. The Hall–Kier alpha value is -7.36. The van der Waals surface area contributed by atoms with Crippen LogP contribution < -0.4 is 5.43 Å². The Labute approximate surface area is 341 Å². The first-order valence-corrected chi connectivity index (χ1v) is 19.9. The lowest BCUT2D eigenvalue weighted by atomic mass is 9.84. The van der Waals surface area contributed by atoms with Crippen molar-refractivity contribution in [3.63, 3.8) is 0 Å². The first-order chi connectivity index (χ1) is 28.5. The zero-order chi connectivity index (χ0) is 39.3. The summed E-state index contributed by atoms with van der Waals surface area (Å²) in [5.74, 6) is 0.569. The van der Waals surface area contributed by atoms with Gasteiger partial charge in [0.25, 0.3) is 0 Å². The van der Waals surface area contributed by atoms with Crippen LogP contribution in [0.25, 0.3) is 61.2 Å². The Morgan fingerprint density at radius 2 is 0.914 bits per heavy atom. The van der Waals surface area contributed by atoms with Crippen molar-refractivity contribution in [2.24, 2.45) is 11.0 Å². The fourth-order valence-electron chi connectivity index (χ4n) is 7.71. The van der Waals surface area contributed by atoms with Gasteiger partial charge < -0.3 is 0 Å². The first kappa shape index (κ1) is 36.3. The molecule has 7 aromatic rings. The Morgan fingerprint density at radius 3 is 1.36 bits per heavy atom. The fourth-order valence-corrected chi connectivity index (χ4v) is 7.71. The molecule has 1 atom stereocenters. The van der Waals surface area contributed by atoms with Gasteiger partial charge in [0.05, 0.1) is 11.4 Å². The second-order valence-electron chi connectivity index (χ2n) is 15.0. The van der Waals surface area contributed by atoms with Gasteiger partial charge in [-0.05, 0) is 145 Å². The van der Waals surface area contributed by atoms with Gasteiger partial charge in [0.2, 0.25) is 0 Å². The zero-order valence-electron chi connectivity index (χ0n) is 32.4. The van der Waals surface area contributed by atoms with Crippen LogP contribution in [0, 0.1) is 11.3 Å². The van der Waals surface area contributed by atoms with Gasteiger partial charge in [-0.1, -0.05) is 159 Å². The van der Waals surface area contributed by atoms with E-state index >= 15 is 0 Å². The minimum atomic E-state index is 0.334. The molecule has 0 bridgehead atoms. The van der Waals surface area contributed by atoms with E-state index in [0.29, 0.717) is 17.3 Å². The summed E-state index contributed by atoms with van der Waals surface area (Å²) in [5, 5.41) is 14.6. The molecule has 3 heteroatoms. The standard InChI is InChI=1S/C55H43N3/c1-38-22-24-43(25-23-38)44-26-28-52(29-27-44)57-58-55-53(51-34-47(41-18-10-4-11-19-41)31-48(35-51)42-20-12-5-13-21-42)36-50(37-54(55)56)49-32-45(39-14-6-2-7-15-39)30-46(33-49)40-16-8-3-9-17-40/h2-22,24-38,56-57H,23H2,1H3/b56-54?,58-55-. The predicted molar refractivity (Wildman–Crippen MR) is 247 cm³/mol. The molecule has 0 saturated heterocycles. The lowest BCUT2D eigenvalue weighted by molar-refractivity contribution is 0.739. The highest BCUT2D eigenvalue weighted by Crippen LogP contribution is 2.38. The summed E-state index contributed by atoms with van der Waals surface area (Å²) >= 11 is 0. The van der Waals surface area contributed by atoms with Gasteiger partial charge in [-0.2, -0.15) is 5.10 Å². The second-order valence-corrected chi connectivity index (χ2v) is 15.0. The monoisotopic (exact) mass is 745 g/mol. The number of benzene rings is 7. The van der Waals surface area contributed by atoms with Crippen molar-refractivity contribution in [2.45, 2.75) is 13.3 Å². The van der Waals surface area contributed by atoms with Gasteiger partial charge >= 0.3 is 0 Å². The summed E-state index contributed by atoms with van der Waals surface area (Å²) in [7, 11) is 0. The maximum Gasteiger partial charge on any atom is 0.116 e. The van der Waals surface area contributed by atoms with E-state index < -0.39 is 0 Å². The van der Waals surface area contributed by atoms with Crippen LogP contribution in [0.2, 0.25) is 0 Å². The van der Waals surface area contributed by atoms with Crippen LogP contribution in [0.5, 0.6) is 0 Å². The predicted octanol–water partition coefficient (Wildman–Crippen LogP) is 14.3. The Kier molecular flexibility index (Phi) is 10.3. The molecule has 0 amide bonds. The van der Waals surface area contributed by atoms with E-state index in [1.807, 2.05) is 30.3 Å². The molecule has 0 spiro atoms. The summed E-state index contributed by atoms with van der Waals surface area (Å²) < 4.78 is 0. The van der Waals surface area contributed by atoms with Crippen LogP contribution >= 0.6 is 0 Å². The second kappa shape index (κ2) is 16.4. The Morgan fingerprint density at radius 1 is 0.466 bits per heavy atom. The number of hydrogen-bond donors (Lipinski definition) is 2. The van der Waals surface area contributed by atoms with E-state index in [1.54, 1.807) is 0 Å². The van der Waals surface area contributed by atoms with Crippen LogP contribution in [0.3, 0.4) is 0 Å². The van der Waals surface area contributed by atoms with E-state index in [9.17, 15) is 5.41 Å². The highest BCUT2D eigenvalue weighted by atomic mass is 15.3. The van der Waals surface area contributed by atoms with Crippen molar-refractivity contribution in [3.05, 3.63) is 229 Å². The molecule has 0 saturated carbocycles. The number of rotatable bonds is 9. The normalized spacial score (nSPS) is 15.7. The molecule has 7 aromatic carbocycles. The molecule has 0 radical (unpaired) electrons. The lowest BCUT2D eigenvalue weighted by Gasteiger charge is -2.21. The van der Waals surface area contributed by atoms with Crippen molar-refractivity contribution >= 4 is 33.8 Å². The summed E-state index contributed by atoms with van der Waals surface area (Å²) in [5.41, 5.74) is 20.3. The Bertz CT molecular complexity index is 2640. The van der Waals surface area contributed by atoms with Crippen molar-refractivity contribution in [2.75, 3.05) is 5.43 Å². The molecule has 58 heavy (non-hydrogen) atoms. The third kappa shape index (κ3) is 7.98. The smallest absolute Gasteiger partial charge is 0.116 e. The van der Waals surface area contributed by atoms with Crippen molar-refractivity contribution in [1.82, 2.24) is 0 Å². The zero-order valence-corrected chi connectivity index (χ0v) is 32.4. The maximum absolute atomic E-state index is 9.62. The average Bonchev–Trinajstić information content (AvgIpc) is 3.29. The molecule has 0 fully saturated rings. The van der Waals surface area contributed by atoms with E-state index in [2.05, 4.69) is 194 Å². The van der Waals surface area contributed by atoms with Crippen LogP contribution in [0.15, 0.2) is 217 Å². The first-order valence-electron chi connectivity index (χ1n) is 19.9. The lowest BCUT2D eigenvalue weighted by Crippen LogP contribution is -2.19. The van der Waals surface area contributed by atoms with Gasteiger partial charge in [0, 0.05) is 5.57 Å². The third-order valence-corrected chi connectivity index (χ3v) is 10.9. The summed E-state index contributed by atoms with van der Waals surface area (Å²) in [4.78, 5) is 0. The largest absolute Gasteiger partial charge is 0.299 e. The van der Waals surface area contributed by atoms with Crippen molar-refractivity contribution < 1.29 is 0 Å². The molecule has 2 aliphatic carbocycles. The van der Waals surface area contributed by atoms with Crippen LogP contribution in [0.1, 0.15) is 30.0 Å². The Balaban J connectivity index is 1.18. The van der Waals surface area contributed by atoms with Crippen LogP contribution in [-0.2, 0) is 0 Å². The molecular weight excluding hydrogens is 703 g/mol. The molecule has 2 aliphatic rings. The molecule has 0 aliphatic heterocycles. The van der Waals surface area contributed by atoms with Gasteiger partial charge in [-0.25, -0.2) is 0 Å². The summed E-state index contributed by atoms with van der Waals surface area (Å²) in [6, 6.07) is 63.9. The third-order valence-electron chi connectivity index (χ3n) is 10.9. The van der Waals surface area contributed by atoms with E-state index in [1.165, 1.54) is 11.1 Å². The molecule has 9 rings (SSSR count). The molecule has 0 heterocycles. The quantitative estimate of drug-likeness (QED) is 0.112. The van der Waals surface area contributed by atoms with Crippen LogP contribution in [0.4, 0.5) is 5.69 Å². The molecule has 1 unspecified atom stereocenters. The number of nitrogens with one attached hydrogen (secondary N) is 2. The van der Waals surface area contributed by atoms with Crippen molar-refractivity contribution in [1.29, 1.82) is 5.41 Å². The molecular formula is C55H43N3. The van der Waals surface area contributed by atoms with E-state index in [-0.39, 0.29) is 0 Å².